The van der Waals surface area contributed by atoms with Crippen LogP contribution in [-0.4, -0.2) is 47.5 Å². The summed E-state index contributed by atoms with van der Waals surface area (Å²) in [6, 6.07) is 25.3. The number of likely N-dealkylation sites (N-methyl/N-ethyl adjacent to an activating group) is 1. The number of likely N-dealkylation sites (tertiary alicyclic amines) is 1. The predicted molar refractivity (Wildman–Crippen MR) is 145 cm³/mol. The summed E-state index contributed by atoms with van der Waals surface area (Å²) in [4.78, 5) is 17.1. The lowest BCUT2D eigenvalue weighted by atomic mass is 9.83. The number of hydrogen-bond acceptors (Lipinski definition) is 3. The Morgan fingerprint density at radius 1 is 0.971 bits per heavy atom. The van der Waals surface area contributed by atoms with Gasteiger partial charge < -0.3 is 10.0 Å². The molecule has 1 N–H and O–H groups in total. The second-order valence-corrected chi connectivity index (χ2v) is 9.87. The van der Waals surface area contributed by atoms with Gasteiger partial charge in [-0.05, 0) is 41.7 Å². The molecule has 3 aromatic rings. The van der Waals surface area contributed by atoms with Gasteiger partial charge in [-0.25, -0.2) is 0 Å². The number of hydrogen-bond donors (Lipinski definition) is 1. The molecule has 0 saturated carbocycles. The molecule has 186 valence electrons. The van der Waals surface area contributed by atoms with Crippen molar-refractivity contribution >= 4 is 41.5 Å². The minimum Gasteiger partial charge on any atom is -0.385 e. The fraction of sp³-hybridized carbons (Fsp3) is 0.321. The first kappa shape index (κ1) is 27.5. The maximum Gasteiger partial charge on any atom is 0.226 e. The standard InChI is InChI=1S/C28H30Cl2N2O2.ClH/c1-31(27(33)18-21-8-4-2-5-9-21)20-26(22-12-13-24(29)25(30)19-22)32-16-14-28(34,15-17-32)23-10-6-3-7-11-23;/h2-13,19,26,34H,14-18,20H2,1H3;1H. The molecular weight excluding hydrogens is 503 g/mol. The van der Waals surface area contributed by atoms with Crippen LogP contribution in [-0.2, 0) is 16.8 Å². The quantitative estimate of drug-likeness (QED) is 0.397. The maximum absolute atomic E-state index is 13.0. The summed E-state index contributed by atoms with van der Waals surface area (Å²) in [7, 11) is 1.85. The van der Waals surface area contributed by atoms with Crippen LogP contribution < -0.4 is 0 Å². The Morgan fingerprint density at radius 2 is 1.57 bits per heavy atom. The van der Waals surface area contributed by atoms with Crippen LogP contribution in [0.3, 0.4) is 0 Å². The molecule has 7 heteroatoms. The molecule has 1 saturated heterocycles. The van der Waals surface area contributed by atoms with Gasteiger partial charge in [0.15, 0.2) is 0 Å². The van der Waals surface area contributed by atoms with Crippen molar-refractivity contribution in [3.63, 3.8) is 0 Å². The lowest BCUT2D eigenvalue weighted by molar-refractivity contribution is -0.130. The first-order valence-electron chi connectivity index (χ1n) is 11.6. The monoisotopic (exact) mass is 532 g/mol. The SMILES string of the molecule is CN(CC(c1ccc(Cl)c(Cl)c1)N1CCC(O)(c2ccccc2)CC1)C(=O)Cc1ccccc1.Cl. The van der Waals surface area contributed by atoms with E-state index < -0.39 is 5.60 Å². The Morgan fingerprint density at radius 3 is 2.17 bits per heavy atom. The van der Waals surface area contributed by atoms with E-state index in [1.165, 1.54) is 0 Å². The Hall–Kier alpha value is -2.08. The van der Waals surface area contributed by atoms with Gasteiger partial charge in [-0.15, -0.1) is 12.4 Å². The smallest absolute Gasteiger partial charge is 0.226 e. The van der Waals surface area contributed by atoms with E-state index in [2.05, 4.69) is 4.90 Å². The third kappa shape index (κ3) is 6.78. The van der Waals surface area contributed by atoms with Gasteiger partial charge in [0.05, 0.1) is 28.1 Å². The summed E-state index contributed by atoms with van der Waals surface area (Å²) in [6.07, 6.45) is 1.60. The highest BCUT2D eigenvalue weighted by Crippen LogP contribution is 2.37. The number of halogens is 3. The van der Waals surface area contributed by atoms with E-state index in [1.807, 2.05) is 85.9 Å². The minimum absolute atomic E-state index is 0. The van der Waals surface area contributed by atoms with Crippen LogP contribution in [0.5, 0.6) is 0 Å². The fourth-order valence-corrected chi connectivity index (χ4v) is 4.97. The van der Waals surface area contributed by atoms with Crippen molar-refractivity contribution in [2.45, 2.75) is 30.9 Å². The topological polar surface area (TPSA) is 43.8 Å². The average Bonchev–Trinajstić information content (AvgIpc) is 2.86. The van der Waals surface area contributed by atoms with Crippen LogP contribution in [0.15, 0.2) is 78.9 Å². The lowest BCUT2D eigenvalue weighted by Crippen LogP contribution is -2.47. The largest absolute Gasteiger partial charge is 0.385 e. The Kier molecular flexibility index (Phi) is 9.62. The molecule has 4 rings (SSSR count). The van der Waals surface area contributed by atoms with Gasteiger partial charge in [-0.3, -0.25) is 9.69 Å². The van der Waals surface area contributed by atoms with Crippen LogP contribution in [0.25, 0.3) is 0 Å². The number of carbonyl (C=O) groups excluding carboxylic acids is 1. The molecule has 0 radical (unpaired) electrons. The van der Waals surface area contributed by atoms with Crippen LogP contribution in [0.2, 0.25) is 10.0 Å². The predicted octanol–water partition coefficient (Wildman–Crippen LogP) is 6.14. The maximum atomic E-state index is 13.0. The van der Waals surface area contributed by atoms with Crippen molar-refractivity contribution in [2.75, 3.05) is 26.7 Å². The molecule has 35 heavy (non-hydrogen) atoms. The van der Waals surface area contributed by atoms with Crippen LogP contribution >= 0.6 is 35.6 Å². The van der Waals surface area contributed by atoms with Crippen LogP contribution in [0.1, 0.15) is 35.6 Å². The van der Waals surface area contributed by atoms with Crippen LogP contribution in [0.4, 0.5) is 0 Å². The van der Waals surface area contributed by atoms with Gasteiger partial charge >= 0.3 is 0 Å². The first-order valence-corrected chi connectivity index (χ1v) is 12.4. The fourth-order valence-electron chi connectivity index (χ4n) is 4.66. The van der Waals surface area contributed by atoms with Crippen LogP contribution in [0, 0.1) is 0 Å². The number of aliphatic hydroxyl groups is 1. The summed E-state index contributed by atoms with van der Waals surface area (Å²) in [5.41, 5.74) is 2.13. The Labute approximate surface area is 223 Å². The molecule has 3 aromatic carbocycles. The molecule has 0 spiro atoms. The van der Waals surface area contributed by atoms with Gasteiger partial charge in [0.25, 0.3) is 0 Å². The second-order valence-electron chi connectivity index (χ2n) is 9.06. The van der Waals surface area contributed by atoms with Crippen molar-refractivity contribution in [1.29, 1.82) is 0 Å². The zero-order valence-electron chi connectivity index (χ0n) is 19.7. The zero-order chi connectivity index (χ0) is 24.1. The van der Waals surface area contributed by atoms with Gasteiger partial charge in [0.1, 0.15) is 0 Å². The van der Waals surface area contributed by atoms with Crippen molar-refractivity contribution < 1.29 is 9.90 Å². The van der Waals surface area contributed by atoms with Crippen molar-refractivity contribution in [3.05, 3.63) is 106 Å². The van der Waals surface area contributed by atoms with Crippen molar-refractivity contribution in [1.82, 2.24) is 9.80 Å². The molecule has 0 aromatic heterocycles. The summed E-state index contributed by atoms with van der Waals surface area (Å²) in [5.74, 6) is 0.0639. The summed E-state index contributed by atoms with van der Waals surface area (Å²) >= 11 is 12.5. The Bertz CT molecular complexity index is 1100. The number of nitrogens with zero attached hydrogens (tertiary/aromatic N) is 2. The second kappa shape index (κ2) is 12.2. The molecule has 1 aliphatic heterocycles. The van der Waals surface area contributed by atoms with E-state index >= 15 is 0 Å². The molecular formula is C28H31Cl3N2O2. The summed E-state index contributed by atoms with van der Waals surface area (Å²) in [6.45, 7) is 1.93. The normalized spacial score (nSPS) is 16.2. The number of amides is 1. The lowest BCUT2D eigenvalue weighted by Gasteiger charge is -2.43. The summed E-state index contributed by atoms with van der Waals surface area (Å²) < 4.78 is 0. The minimum atomic E-state index is -0.838. The highest BCUT2D eigenvalue weighted by molar-refractivity contribution is 6.42. The number of carbonyl (C=O) groups is 1. The van der Waals surface area contributed by atoms with Crippen molar-refractivity contribution in [3.8, 4) is 0 Å². The van der Waals surface area contributed by atoms with E-state index in [0.717, 1.165) is 16.7 Å². The van der Waals surface area contributed by atoms with Gasteiger partial charge in [-0.1, -0.05) is 89.9 Å². The van der Waals surface area contributed by atoms with Gasteiger partial charge in [0.2, 0.25) is 5.91 Å². The third-order valence-electron chi connectivity index (χ3n) is 6.78. The van der Waals surface area contributed by atoms with E-state index in [9.17, 15) is 9.90 Å². The molecule has 1 amide bonds. The van der Waals surface area contributed by atoms with E-state index in [0.29, 0.717) is 48.9 Å². The van der Waals surface area contributed by atoms with E-state index in [1.54, 1.807) is 4.90 Å². The molecule has 0 aliphatic carbocycles. The molecule has 0 bridgehead atoms. The molecule has 1 heterocycles. The highest BCUT2D eigenvalue weighted by atomic mass is 35.5. The average molecular weight is 534 g/mol. The first-order chi connectivity index (χ1) is 16.4. The Balaban J connectivity index is 0.00000342. The van der Waals surface area contributed by atoms with Gasteiger partial charge in [-0.2, -0.15) is 0 Å². The molecule has 1 aliphatic rings. The summed E-state index contributed by atoms with van der Waals surface area (Å²) in [5, 5.41) is 12.3. The number of rotatable bonds is 7. The third-order valence-corrected chi connectivity index (χ3v) is 7.52. The zero-order valence-corrected chi connectivity index (χ0v) is 22.1. The molecule has 4 nitrogen and oxygen atoms in total. The van der Waals surface area contributed by atoms with E-state index in [4.69, 9.17) is 23.2 Å². The van der Waals surface area contributed by atoms with Crippen molar-refractivity contribution in [2.24, 2.45) is 0 Å². The molecule has 1 unspecified atom stereocenters. The van der Waals surface area contributed by atoms with E-state index in [-0.39, 0.29) is 24.4 Å². The molecule has 1 atom stereocenters. The molecule has 1 fully saturated rings. The highest BCUT2D eigenvalue weighted by Gasteiger charge is 2.37. The van der Waals surface area contributed by atoms with Gasteiger partial charge in [0, 0.05) is 26.7 Å². The number of piperidine rings is 1. The number of benzene rings is 3.